The molecular weight excluding hydrogens is 369 g/mol. The fourth-order valence-electron chi connectivity index (χ4n) is 2.92. The van der Waals surface area contributed by atoms with Gasteiger partial charge in [-0.05, 0) is 57.2 Å². The van der Waals surface area contributed by atoms with Gasteiger partial charge in [-0.25, -0.2) is 4.79 Å². The van der Waals surface area contributed by atoms with E-state index in [0.29, 0.717) is 5.69 Å². The van der Waals surface area contributed by atoms with Crippen LogP contribution in [0, 0.1) is 0 Å². The van der Waals surface area contributed by atoms with Crippen molar-refractivity contribution < 1.29 is 22.7 Å². The third-order valence-corrected chi connectivity index (χ3v) is 4.05. The SMILES string of the molecule is CC(C)(C)OC(=O)NCc1cc2ccccc2n1-c1ccc(C(F)(F)F)cc1. The minimum atomic E-state index is -4.39. The van der Waals surface area contributed by atoms with E-state index in [4.69, 9.17) is 4.74 Å². The van der Waals surface area contributed by atoms with Crippen molar-refractivity contribution in [3.8, 4) is 5.69 Å². The second kappa shape index (κ2) is 7.22. The van der Waals surface area contributed by atoms with Crippen molar-refractivity contribution in [3.63, 3.8) is 0 Å². The highest BCUT2D eigenvalue weighted by molar-refractivity contribution is 5.83. The number of carbonyl (C=O) groups is 1. The Morgan fingerprint density at radius 3 is 2.29 bits per heavy atom. The molecular formula is C21H21F3N2O2. The number of benzene rings is 2. The van der Waals surface area contributed by atoms with Crippen molar-refractivity contribution in [1.82, 2.24) is 9.88 Å². The van der Waals surface area contributed by atoms with Crippen LogP contribution >= 0.6 is 0 Å². The van der Waals surface area contributed by atoms with Crippen molar-refractivity contribution in [3.05, 3.63) is 65.9 Å². The summed E-state index contributed by atoms with van der Waals surface area (Å²) in [6.45, 7) is 5.48. The van der Waals surface area contributed by atoms with Crippen LogP contribution in [-0.2, 0) is 17.5 Å². The van der Waals surface area contributed by atoms with Crippen LogP contribution in [0.4, 0.5) is 18.0 Å². The Morgan fingerprint density at radius 2 is 1.68 bits per heavy atom. The molecule has 0 saturated carbocycles. The quantitative estimate of drug-likeness (QED) is 0.626. The molecule has 3 rings (SSSR count). The molecule has 28 heavy (non-hydrogen) atoms. The summed E-state index contributed by atoms with van der Waals surface area (Å²) in [5.41, 5.74) is 0.816. The molecule has 0 atom stereocenters. The summed E-state index contributed by atoms with van der Waals surface area (Å²) < 4.78 is 45.7. The van der Waals surface area contributed by atoms with Crippen LogP contribution in [0.1, 0.15) is 32.0 Å². The first-order valence-corrected chi connectivity index (χ1v) is 8.78. The molecule has 0 spiro atoms. The highest BCUT2D eigenvalue weighted by Crippen LogP contribution is 2.31. The van der Waals surface area contributed by atoms with E-state index in [1.54, 1.807) is 20.8 Å². The summed E-state index contributed by atoms with van der Waals surface area (Å²) in [7, 11) is 0. The molecule has 0 fully saturated rings. The zero-order chi connectivity index (χ0) is 20.5. The van der Waals surface area contributed by atoms with Crippen LogP contribution in [0.15, 0.2) is 54.6 Å². The number of nitrogens with one attached hydrogen (secondary N) is 1. The molecule has 0 unspecified atom stereocenters. The Morgan fingerprint density at radius 1 is 1.04 bits per heavy atom. The maximum atomic E-state index is 12.9. The molecule has 0 radical (unpaired) electrons. The number of hydrogen-bond acceptors (Lipinski definition) is 2. The van der Waals surface area contributed by atoms with Crippen molar-refractivity contribution in [2.45, 2.75) is 39.1 Å². The van der Waals surface area contributed by atoms with Crippen LogP contribution < -0.4 is 5.32 Å². The van der Waals surface area contributed by atoms with Gasteiger partial charge in [0.2, 0.25) is 0 Å². The molecule has 0 aliphatic heterocycles. The zero-order valence-corrected chi connectivity index (χ0v) is 15.8. The monoisotopic (exact) mass is 390 g/mol. The summed E-state index contributed by atoms with van der Waals surface area (Å²) in [5, 5.41) is 3.62. The van der Waals surface area contributed by atoms with Crippen molar-refractivity contribution in [2.75, 3.05) is 0 Å². The molecule has 1 N–H and O–H groups in total. The number of carbonyl (C=O) groups excluding carboxylic acids is 1. The van der Waals surface area contributed by atoms with Gasteiger partial charge in [0, 0.05) is 16.8 Å². The van der Waals surface area contributed by atoms with Gasteiger partial charge in [-0.15, -0.1) is 0 Å². The van der Waals surface area contributed by atoms with Gasteiger partial charge in [0.25, 0.3) is 0 Å². The lowest BCUT2D eigenvalue weighted by molar-refractivity contribution is -0.137. The number of para-hydroxylation sites is 1. The van der Waals surface area contributed by atoms with Crippen LogP contribution in [-0.4, -0.2) is 16.3 Å². The Bertz CT molecular complexity index is 984. The lowest BCUT2D eigenvalue weighted by atomic mass is 10.2. The lowest BCUT2D eigenvalue weighted by Crippen LogP contribution is -2.32. The summed E-state index contributed by atoms with van der Waals surface area (Å²) in [6, 6.07) is 14.4. The van der Waals surface area contributed by atoms with E-state index in [0.717, 1.165) is 28.7 Å². The van der Waals surface area contributed by atoms with Gasteiger partial charge in [0.1, 0.15) is 5.60 Å². The molecule has 1 aromatic heterocycles. The average molecular weight is 390 g/mol. The largest absolute Gasteiger partial charge is 0.444 e. The number of hydrogen-bond donors (Lipinski definition) is 1. The summed E-state index contributed by atoms with van der Waals surface area (Å²) in [6.07, 6.45) is -4.95. The van der Waals surface area contributed by atoms with E-state index in [2.05, 4.69) is 5.32 Å². The van der Waals surface area contributed by atoms with Crippen molar-refractivity contribution in [2.24, 2.45) is 0 Å². The van der Waals surface area contributed by atoms with Gasteiger partial charge in [-0.3, -0.25) is 0 Å². The molecule has 0 bridgehead atoms. The van der Waals surface area contributed by atoms with Gasteiger partial charge in [-0.1, -0.05) is 18.2 Å². The predicted octanol–water partition coefficient (Wildman–Crippen LogP) is 5.67. The Hall–Kier alpha value is -2.96. The molecule has 148 valence electrons. The van der Waals surface area contributed by atoms with Gasteiger partial charge in [0.05, 0.1) is 17.6 Å². The third-order valence-electron chi connectivity index (χ3n) is 4.05. The molecule has 3 aromatic rings. The summed E-state index contributed by atoms with van der Waals surface area (Å²) in [4.78, 5) is 12.0. The fourth-order valence-corrected chi connectivity index (χ4v) is 2.92. The second-order valence-electron chi connectivity index (χ2n) is 7.43. The average Bonchev–Trinajstić information content (AvgIpc) is 2.96. The molecule has 0 aliphatic carbocycles. The van der Waals surface area contributed by atoms with E-state index < -0.39 is 23.4 Å². The maximum absolute atomic E-state index is 12.9. The number of halogens is 3. The molecule has 7 heteroatoms. The van der Waals surface area contributed by atoms with Crippen LogP contribution in [0.5, 0.6) is 0 Å². The fraction of sp³-hybridized carbons (Fsp3) is 0.286. The van der Waals surface area contributed by atoms with Crippen LogP contribution in [0.2, 0.25) is 0 Å². The normalized spacial score (nSPS) is 12.2. The first-order chi connectivity index (χ1) is 13.0. The molecule has 4 nitrogen and oxygen atoms in total. The van der Waals surface area contributed by atoms with Crippen molar-refractivity contribution in [1.29, 1.82) is 0 Å². The van der Waals surface area contributed by atoms with Crippen molar-refractivity contribution >= 4 is 17.0 Å². The number of aromatic nitrogens is 1. The highest BCUT2D eigenvalue weighted by Gasteiger charge is 2.30. The molecule has 1 amide bonds. The molecule has 1 heterocycles. The predicted molar refractivity (Wildman–Crippen MR) is 101 cm³/mol. The van der Waals surface area contributed by atoms with Crippen LogP contribution in [0.3, 0.4) is 0 Å². The number of nitrogens with zero attached hydrogens (tertiary/aromatic N) is 1. The highest BCUT2D eigenvalue weighted by atomic mass is 19.4. The molecule has 2 aromatic carbocycles. The molecule has 0 saturated heterocycles. The number of alkyl halides is 3. The topological polar surface area (TPSA) is 43.3 Å². The minimum absolute atomic E-state index is 0.171. The van der Waals surface area contributed by atoms with E-state index in [-0.39, 0.29) is 6.54 Å². The second-order valence-corrected chi connectivity index (χ2v) is 7.43. The number of amides is 1. The Labute approximate surface area is 160 Å². The zero-order valence-electron chi connectivity index (χ0n) is 15.8. The number of fused-ring (bicyclic) bond motifs is 1. The van der Waals surface area contributed by atoms with Gasteiger partial charge in [-0.2, -0.15) is 13.2 Å². The summed E-state index contributed by atoms with van der Waals surface area (Å²) in [5.74, 6) is 0. The van der Waals surface area contributed by atoms with Gasteiger partial charge in [0.15, 0.2) is 0 Å². The van der Waals surface area contributed by atoms with Crippen LogP contribution in [0.25, 0.3) is 16.6 Å². The van der Waals surface area contributed by atoms with E-state index in [1.165, 1.54) is 12.1 Å². The Balaban J connectivity index is 1.95. The van der Waals surface area contributed by atoms with E-state index in [9.17, 15) is 18.0 Å². The number of ether oxygens (including phenoxy) is 1. The number of rotatable bonds is 3. The first-order valence-electron chi connectivity index (χ1n) is 8.78. The standard InChI is InChI=1S/C21H21F3N2O2/c1-20(2,3)28-19(27)25-13-17-12-14-6-4-5-7-18(14)26(17)16-10-8-15(9-11-16)21(22,23)24/h4-12H,13H2,1-3H3,(H,25,27). The first kappa shape index (κ1) is 19.8. The maximum Gasteiger partial charge on any atom is 0.416 e. The Kier molecular flexibility index (Phi) is 5.10. The van der Waals surface area contributed by atoms with E-state index in [1.807, 2.05) is 34.9 Å². The van der Waals surface area contributed by atoms with Gasteiger partial charge >= 0.3 is 12.3 Å². The molecule has 0 aliphatic rings. The summed E-state index contributed by atoms with van der Waals surface area (Å²) >= 11 is 0. The lowest BCUT2D eigenvalue weighted by Gasteiger charge is -2.20. The van der Waals surface area contributed by atoms with Gasteiger partial charge < -0.3 is 14.6 Å². The van der Waals surface area contributed by atoms with E-state index >= 15 is 0 Å². The smallest absolute Gasteiger partial charge is 0.416 e. The minimum Gasteiger partial charge on any atom is -0.444 e. The number of alkyl carbamates (subject to hydrolysis) is 1. The third kappa shape index (κ3) is 4.47.